The van der Waals surface area contributed by atoms with Gasteiger partial charge in [0.25, 0.3) is 0 Å². The van der Waals surface area contributed by atoms with Crippen molar-refractivity contribution in [2.24, 2.45) is 0 Å². The zero-order valence-electron chi connectivity index (χ0n) is 9.46. The van der Waals surface area contributed by atoms with Crippen molar-refractivity contribution in [3.05, 3.63) is 59.7 Å². The topological polar surface area (TPSA) is 0 Å². The third-order valence-corrected chi connectivity index (χ3v) is 3.44. The number of halogens is 3. The second-order valence-corrected chi connectivity index (χ2v) is 5.32. The molecule has 2 rings (SSSR count). The van der Waals surface area contributed by atoms with E-state index in [0.29, 0.717) is 0 Å². The first kappa shape index (κ1) is 19.6. The van der Waals surface area contributed by atoms with Crippen molar-refractivity contribution in [1.82, 2.24) is 0 Å². The van der Waals surface area contributed by atoms with Crippen molar-refractivity contribution in [3.8, 4) is 0 Å². The molecule has 0 heterocycles. The maximum absolute atomic E-state index is 2.28. The van der Waals surface area contributed by atoms with E-state index in [1.165, 1.54) is 11.1 Å². The number of hydrogen-bond donors (Lipinski definition) is 0. The van der Waals surface area contributed by atoms with Crippen molar-refractivity contribution >= 4 is 0 Å². The molecule has 0 spiro atoms. The minimum Gasteiger partial charge on any atom is -1.00 e. The fourth-order valence-electron chi connectivity index (χ4n) is 1.75. The molecular weight excluding hydrogens is 310 g/mol. The first-order chi connectivity index (χ1) is 6.70. The van der Waals surface area contributed by atoms with Crippen molar-refractivity contribution in [2.75, 3.05) is 0 Å². The number of aryl methyl sites for hydroxylation is 1. The molecule has 0 amide bonds. The number of allylic oxidation sites excluding steroid dienone is 4. The summed E-state index contributed by atoms with van der Waals surface area (Å²) in [6.07, 6.45) is 9.93. The van der Waals surface area contributed by atoms with Crippen LogP contribution in [0.2, 0.25) is 3.72 Å². The Labute approximate surface area is 134 Å². The summed E-state index contributed by atoms with van der Waals surface area (Å²) in [6, 6.07) is 8.62. The smallest absolute Gasteiger partial charge is 1.00 e. The maximum Gasteiger partial charge on any atom is -1.00 e. The number of rotatable bonds is 2. The molecule has 90 valence electrons. The molecule has 1 aliphatic carbocycles. The molecule has 4 heteroatoms. The van der Waals surface area contributed by atoms with Gasteiger partial charge in [0.2, 0.25) is 0 Å². The van der Waals surface area contributed by atoms with Gasteiger partial charge in [-0.25, -0.2) is 0 Å². The van der Waals surface area contributed by atoms with E-state index >= 15 is 0 Å². The normalized spacial score (nSPS) is 14.5. The summed E-state index contributed by atoms with van der Waals surface area (Å²) in [5.74, 6) is 0. The minimum absolute atomic E-state index is 0. The van der Waals surface area contributed by atoms with Crippen LogP contribution in [0, 0.1) is 6.92 Å². The molecule has 0 aliphatic heterocycles. The van der Waals surface area contributed by atoms with Gasteiger partial charge in [0.05, 0.1) is 0 Å². The standard InChI is InChI=1S/C13H13.3ClH.Ti/c1-11-6-2-5-9-13(11)10-12-7-3-4-8-12;;;;/h2-9H,10H2,1H3;3*1H;/q;;;;+3/p-3. The summed E-state index contributed by atoms with van der Waals surface area (Å²) in [7, 11) is 0. The van der Waals surface area contributed by atoms with E-state index in [2.05, 4.69) is 75.9 Å². The van der Waals surface area contributed by atoms with Gasteiger partial charge in [0.1, 0.15) is 0 Å². The molecule has 0 fully saturated rings. The van der Waals surface area contributed by atoms with Gasteiger partial charge in [-0.15, -0.1) is 0 Å². The Morgan fingerprint density at radius 3 is 2.06 bits per heavy atom. The van der Waals surface area contributed by atoms with Crippen LogP contribution >= 0.6 is 0 Å². The maximum atomic E-state index is 2.28. The first-order valence-electron chi connectivity index (χ1n) is 4.86. The van der Waals surface area contributed by atoms with Gasteiger partial charge in [-0.2, -0.15) is 0 Å². The molecule has 0 aromatic heterocycles. The van der Waals surface area contributed by atoms with Gasteiger partial charge in [0.15, 0.2) is 0 Å². The van der Waals surface area contributed by atoms with Crippen LogP contribution in [-0.2, 0) is 26.9 Å². The Morgan fingerprint density at radius 2 is 1.53 bits per heavy atom. The van der Waals surface area contributed by atoms with Crippen LogP contribution in [0.1, 0.15) is 11.1 Å². The van der Waals surface area contributed by atoms with Crippen LogP contribution in [0.4, 0.5) is 0 Å². The molecule has 0 unspecified atom stereocenters. The predicted molar refractivity (Wildman–Crippen MR) is 55.9 cm³/mol. The summed E-state index contributed by atoms with van der Waals surface area (Å²) in [4.78, 5) is 0. The van der Waals surface area contributed by atoms with Crippen LogP contribution < -0.4 is 37.2 Å². The predicted octanol–water partition coefficient (Wildman–Crippen LogP) is -5.62. The van der Waals surface area contributed by atoms with Gasteiger partial charge in [-0.1, -0.05) is 0 Å². The molecule has 0 saturated heterocycles. The van der Waals surface area contributed by atoms with Gasteiger partial charge < -0.3 is 37.2 Å². The van der Waals surface area contributed by atoms with Gasteiger partial charge in [-0.3, -0.25) is 0 Å². The molecule has 1 aliphatic rings. The summed E-state index contributed by atoms with van der Waals surface area (Å²) in [5.41, 5.74) is 2.84. The van der Waals surface area contributed by atoms with E-state index < -0.39 is 0 Å². The van der Waals surface area contributed by atoms with Crippen LogP contribution in [0.15, 0.2) is 48.6 Å². The van der Waals surface area contributed by atoms with Crippen LogP contribution in [0.3, 0.4) is 0 Å². The van der Waals surface area contributed by atoms with E-state index in [1.54, 1.807) is 0 Å². The average Bonchev–Trinajstić information content (AvgIpc) is 2.57. The molecule has 0 saturated carbocycles. The SMILES string of the molecule is Cc1ccccc1C[C]1([Ti+3])C=CC=C1.[Cl-].[Cl-].[Cl-]. The fraction of sp³-hybridized carbons (Fsp3) is 0.231. The Kier molecular flexibility index (Phi) is 9.69. The second kappa shape index (κ2) is 8.40. The summed E-state index contributed by atoms with van der Waals surface area (Å²) in [6.45, 7) is 2.18. The van der Waals surface area contributed by atoms with E-state index in [9.17, 15) is 0 Å². The number of hydrogen-bond acceptors (Lipinski definition) is 0. The number of benzene rings is 1. The van der Waals surface area contributed by atoms with E-state index in [0.717, 1.165) is 6.42 Å². The first-order valence-corrected chi connectivity index (χ1v) is 5.64. The fourth-order valence-corrected chi connectivity index (χ4v) is 2.35. The largest absolute Gasteiger partial charge is 1.00 e. The molecule has 0 nitrogen and oxygen atoms in total. The monoisotopic (exact) mass is 322 g/mol. The third kappa shape index (κ3) is 5.20. The minimum atomic E-state index is 0. The zero-order chi connectivity index (χ0) is 10.0. The Hall–Kier alpha value is 0.284. The second-order valence-electron chi connectivity index (χ2n) is 3.86. The summed E-state index contributed by atoms with van der Waals surface area (Å²) in [5, 5.41) is 0. The Balaban J connectivity index is 0. The molecule has 0 atom stereocenters. The molecule has 1 aromatic rings. The van der Waals surface area contributed by atoms with Crippen molar-refractivity contribution in [2.45, 2.75) is 17.1 Å². The molecule has 1 aromatic carbocycles. The molecule has 0 radical (unpaired) electrons. The zero-order valence-corrected chi connectivity index (χ0v) is 13.3. The van der Waals surface area contributed by atoms with Crippen LogP contribution in [-0.4, -0.2) is 0 Å². The van der Waals surface area contributed by atoms with Crippen molar-refractivity contribution in [1.29, 1.82) is 0 Å². The van der Waals surface area contributed by atoms with Gasteiger partial charge in [0, 0.05) is 0 Å². The third-order valence-electron chi connectivity index (χ3n) is 2.64. The molecule has 0 bridgehead atoms. The van der Waals surface area contributed by atoms with Crippen molar-refractivity contribution < 1.29 is 57.7 Å². The van der Waals surface area contributed by atoms with E-state index in [1.807, 2.05) is 0 Å². The van der Waals surface area contributed by atoms with Gasteiger partial charge >= 0.3 is 97.2 Å². The van der Waals surface area contributed by atoms with Gasteiger partial charge in [-0.05, 0) is 0 Å². The average molecular weight is 323 g/mol. The van der Waals surface area contributed by atoms with Crippen LogP contribution in [0.5, 0.6) is 0 Å². The summed E-state index contributed by atoms with van der Waals surface area (Å²) >= 11 is 2.28. The molecule has 17 heavy (non-hydrogen) atoms. The Bertz CT molecular complexity index is 387. The summed E-state index contributed by atoms with van der Waals surface area (Å²) < 4.78 is 0.228. The van der Waals surface area contributed by atoms with E-state index in [-0.39, 0.29) is 40.9 Å². The van der Waals surface area contributed by atoms with E-state index in [4.69, 9.17) is 0 Å². The van der Waals surface area contributed by atoms with Crippen molar-refractivity contribution in [3.63, 3.8) is 0 Å². The molecule has 0 N–H and O–H groups in total. The quantitative estimate of drug-likeness (QED) is 0.476. The Morgan fingerprint density at radius 1 is 1.00 bits per heavy atom. The van der Waals surface area contributed by atoms with Crippen LogP contribution in [0.25, 0.3) is 0 Å². The molecular formula is C13H13Cl3Ti.